The van der Waals surface area contributed by atoms with Gasteiger partial charge in [0.15, 0.2) is 0 Å². The van der Waals surface area contributed by atoms with Crippen molar-refractivity contribution in [2.45, 2.75) is 31.2 Å². The standard InChI is InChI=1S/C21H22FN3O4S2/c1-2-25-18-10-7-16(12-19(18)30-21(25)27)23-20(26)14-4-3-11-24(13-14)31(28,29)17-8-5-15(22)6-9-17/h5-10,12,14H,2-4,11,13H2,1H3,(H,23,26). The van der Waals surface area contributed by atoms with Crippen molar-refractivity contribution >= 4 is 43.2 Å². The van der Waals surface area contributed by atoms with Gasteiger partial charge in [-0.3, -0.25) is 14.2 Å². The van der Waals surface area contributed by atoms with E-state index in [-0.39, 0.29) is 22.2 Å². The van der Waals surface area contributed by atoms with Crippen LogP contribution in [0.3, 0.4) is 0 Å². The number of aryl methyl sites for hydroxylation is 1. The van der Waals surface area contributed by atoms with Crippen molar-refractivity contribution in [3.05, 3.63) is 57.9 Å². The predicted octanol–water partition coefficient (Wildman–Crippen LogP) is 3.26. The minimum absolute atomic E-state index is 0.00995. The van der Waals surface area contributed by atoms with Crippen molar-refractivity contribution < 1.29 is 17.6 Å². The van der Waals surface area contributed by atoms with E-state index in [0.717, 1.165) is 33.7 Å². The molecule has 1 aliphatic rings. The monoisotopic (exact) mass is 463 g/mol. The smallest absolute Gasteiger partial charge is 0.308 e. The summed E-state index contributed by atoms with van der Waals surface area (Å²) in [5, 5.41) is 2.86. The molecule has 1 aliphatic heterocycles. The fraction of sp³-hybridized carbons (Fsp3) is 0.333. The molecule has 1 N–H and O–H groups in total. The van der Waals surface area contributed by atoms with Crippen LogP contribution in [0.4, 0.5) is 10.1 Å². The van der Waals surface area contributed by atoms with E-state index >= 15 is 0 Å². The molecule has 2 aromatic carbocycles. The van der Waals surface area contributed by atoms with Gasteiger partial charge in [-0.05, 0) is 62.2 Å². The first-order valence-corrected chi connectivity index (χ1v) is 12.2. The number of piperidine rings is 1. The Hall–Kier alpha value is -2.56. The Kier molecular flexibility index (Phi) is 5.96. The Morgan fingerprint density at radius 2 is 1.97 bits per heavy atom. The second-order valence-electron chi connectivity index (χ2n) is 7.44. The van der Waals surface area contributed by atoms with Gasteiger partial charge in [-0.15, -0.1) is 0 Å². The molecule has 7 nitrogen and oxygen atoms in total. The number of amides is 1. The summed E-state index contributed by atoms with van der Waals surface area (Å²) in [4.78, 5) is 24.8. The maximum Gasteiger partial charge on any atom is 0.308 e. The molecule has 4 rings (SSSR count). The number of anilines is 1. The topological polar surface area (TPSA) is 88.5 Å². The number of thiazole rings is 1. The lowest BCUT2D eigenvalue weighted by Gasteiger charge is -2.31. The van der Waals surface area contributed by atoms with Crippen molar-refractivity contribution in [3.63, 3.8) is 0 Å². The molecule has 0 bridgehead atoms. The summed E-state index contributed by atoms with van der Waals surface area (Å²) in [6.07, 6.45) is 1.13. The van der Waals surface area contributed by atoms with Crippen molar-refractivity contribution in [2.75, 3.05) is 18.4 Å². The SMILES string of the molecule is CCn1c(=O)sc2cc(NC(=O)C3CCCN(S(=O)(=O)c4ccc(F)cc4)C3)ccc21. The molecule has 31 heavy (non-hydrogen) atoms. The maximum absolute atomic E-state index is 13.2. The number of fused-ring (bicyclic) bond motifs is 1. The highest BCUT2D eigenvalue weighted by Crippen LogP contribution is 2.26. The predicted molar refractivity (Wildman–Crippen MR) is 118 cm³/mol. The Balaban J connectivity index is 1.49. The lowest BCUT2D eigenvalue weighted by molar-refractivity contribution is -0.120. The minimum atomic E-state index is -3.80. The minimum Gasteiger partial charge on any atom is -0.326 e. The van der Waals surface area contributed by atoms with E-state index in [9.17, 15) is 22.4 Å². The first-order chi connectivity index (χ1) is 14.8. The van der Waals surface area contributed by atoms with Crippen molar-refractivity contribution in [2.24, 2.45) is 5.92 Å². The molecule has 1 atom stereocenters. The normalized spacial score (nSPS) is 17.7. The molecule has 0 aliphatic carbocycles. The zero-order chi connectivity index (χ0) is 22.2. The van der Waals surface area contributed by atoms with Crippen LogP contribution in [0.5, 0.6) is 0 Å². The summed E-state index contributed by atoms with van der Waals surface area (Å²) < 4.78 is 42.6. The van der Waals surface area contributed by atoms with Crippen LogP contribution in [0.2, 0.25) is 0 Å². The third-order valence-corrected chi connectivity index (χ3v) is 8.28. The van der Waals surface area contributed by atoms with Crippen LogP contribution in [-0.2, 0) is 21.4 Å². The number of halogens is 1. The van der Waals surface area contributed by atoms with E-state index < -0.39 is 21.8 Å². The highest BCUT2D eigenvalue weighted by molar-refractivity contribution is 7.89. The van der Waals surface area contributed by atoms with Gasteiger partial charge in [-0.1, -0.05) is 11.3 Å². The highest BCUT2D eigenvalue weighted by Gasteiger charge is 2.33. The third kappa shape index (κ3) is 4.28. The number of hydrogen-bond acceptors (Lipinski definition) is 5. The lowest BCUT2D eigenvalue weighted by atomic mass is 9.98. The molecule has 1 saturated heterocycles. The molecule has 1 fully saturated rings. The molecule has 164 valence electrons. The van der Waals surface area contributed by atoms with E-state index in [1.165, 1.54) is 16.4 Å². The number of nitrogens with zero attached hydrogens (tertiary/aromatic N) is 2. The summed E-state index contributed by atoms with van der Waals surface area (Å²) in [5.41, 5.74) is 1.39. The molecular formula is C21H22FN3O4S2. The first-order valence-electron chi connectivity index (χ1n) is 9.99. The van der Waals surface area contributed by atoms with Gasteiger partial charge in [-0.25, -0.2) is 12.8 Å². The quantitative estimate of drug-likeness (QED) is 0.629. The second kappa shape index (κ2) is 8.52. The number of carbonyl (C=O) groups excluding carboxylic acids is 1. The fourth-order valence-corrected chi connectivity index (χ4v) is 6.34. The van der Waals surface area contributed by atoms with Crippen LogP contribution in [0.1, 0.15) is 19.8 Å². The maximum atomic E-state index is 13.2. The average Bonchev–Trinajstić information content (AvgIpc) is 3.08. The molecular weight excluding hydrogens is 441 g/mol. The van der Waals surface area contributed by atoms with Crippen LogP contribution in [0.15, 0.2) is 52.2 Å². The zero-order valence-electron chi connectivity index (χ0n) is 16.9. The molecule has 10 heteroatoms. The number of hydrogen-bond donors (Lipinski definition) is 1. The van der Waals surface area contributed by atoms with Crippen molar-refractivity contribution in [1.29, 1.82) is 0 Å². The van der Waals surface area contributed by atoms with Crippen molar-refractivity contribution in [1.82, 2.24) is 8.87 Å². The van der Waals surface area contributed by atoms with Gasteiger partial charge in [0.1, 0.15) is 5.82 Å². The van der Waals surface area contributed by atoms with Crippen LogP contribution >= 0.6 is 11.3 Å². The molecule has 0 spiro atoms. The zero-order valence-corrected chi connectivity index (χ0v) is 18.5. The molecule has 3 aromatic rings. The van der Waals surface area contributed by atoms with E-state index in [4.69, 9.17) is 0 Å². The van der Waals surface area contributed by atoms with E-state index in [2.05, 4.69) is 5.32 Å². The summed E-state index contributed by atoms with van der Waals surface area (Å²) in [6.45, 7) is 2.85. The number of sulfonamides is 1. The van der Waals surface area contributed by atoms with E-state index in [1.807, 2.05) is 6.92 Å². The number of benzene rings is 2. The van der Waals surface area contributed by atoms with Crippen LogP contribution in [-0.4, -0.2) is 36.3 Å². The van der Waals surface area contributed by atoms with Gasteiger partial charge in [-0.2, -0.15) is 4.31 Å². The molecule has 0 radical (unpaired) electrons. The Bertz CT molecular complexity index is 1280. The highest BCUT2D eigenvalue weighted by atomic mass is 32.2. The van der Waals surface area contributed by atoms with Crippen LogP contribution in [0, 0.1) is 11.7 Å². The molecule has 1 amide bonds. The van der Waals surface area contributed by atoms with Gasteiger partial charge in [0, 0.05) is 25.3 Å². The van der Waals surface area contributed by atoms with Gasteiger partial charge >= 0.3 is 4.87 Å². The lowest BCUT2D eigenvalue weighted by Crippen LogP contribution is -2.43. The largest absolute Gasteiger partial charge is 0.326 e. The number of aromatic nitrogens is 1. The van der Waals surface area contributed by atoms with Gasteiger partial charge in [0.2, 0.25) is 15.9 Å². The number of carbonyl (C=O) groups is 1. The van der Waals surface area contributed by atoms with Crippen molar-refractivity contribution in [3.8, 4) is 0 Å². The fourth-order valence-electron chi connectivity index (χ4n) is 3.82. The molecule has 2 heterocycles. The second-order valence-corrected chi connectivity index (χ2v) is 10.4. The summed E-state index contributed by atoms with van der Waals surface area (Å²) in [7, 11) is -3.80. The number of rotatable bonds is 5. The van der Waals surface area contributed by atoms with Gasteiger partial charge in [0.25, 0.3) is 0 Å². The van der Waals surface area contributed by atoms with E-state index in [1.54, 1.807) is 22.8 Å². The molecule has 0 saturated carbocycles. The van der Waals surface area contributed by atoms with Crippen LogP contribution in [0.25, 0.3) is 10.2 Å². The molecule has 1 unspecified atom stereocenters. The van der Waals surface area contributed by atoms with E-state index in [0.29, 0.717) is 31.6 Å². The third-order valence-electron chi connectivity index (χ3n) is 5.46. The van der Waals surface area contributed by atoms with Crippen LogP contribution < -0.4 is 10.2 Å². The first kappa shape index (κ1) is 21.7. The Morgan fingerprint density at radius 3 is 2.68 bits per heavy atom. The Labute approximate surface area is 183 Å². The van der Waals surface area contributed by atoms with Gasteiger partial charge < -0.3 is 5.32 Å². The summed E-state index contributed by atoms with van der Waals surface area (Å²) in [6, 6.07) is 10.00. The molecule has 1 aromatic heterocycles. The number of nitrogens with one attached hydrogen (secondary N) is 1. The summed E-state index contributed by atoms with van der Waals surface area (Å²) >= 11 is 1.12. The Morgan fingerprint density at radius 1 is 1.23 bits per heavy atom. The van der Waals surface area contributed by atoms with Gasteiger partial charge in [0.05, 0.1) is 21.0 Å². The average molecular weight is 464 g/mol. The summed E-state index contributed by atoms with van der Waals surface area (Å²) in [5.74, 6) is -1.27.